The van der Waals surface area contributed by atoms with Crippen LogP contribution in [0.5, 0.6) is 0 Å². The smallest absolute Gasteiger partial charge is 0.339 e. The van der Waals surface area contributed by atoms with Crippen LogP contribution in [0.1, 0.15) is 47.4 Å². The lowest BCUT2D eigenvalue weighted by molar-refractivity contribution is -0.148. The van der Waals surface area contributed by atoms with E-state index in [0.717, 1.165) is 0 Å². The van der Waals surface area contributed by atoms with Crippen LogP contribution in [0.15, 0.2) is 41.4 Å². The van der Waals surface area contributed by atoms with Crippen LogP contribution in [-0.2, 0) is 19.6 Å². The Bertz CT molecular complexity index is 1160. The number of piperidine rings is 1. The average molecular weight is 476 g/mol. The Morgan fingerprint density at radius 2 is 1.94 bits per heavy atom. The van der Waals surface area contributed by atoms with Gasteiger partial charge in [0.2, 0.25) is 0 Å². The second-order valence-corrected chi connectivity index (χ2v) is 9.31. The normalized spacial score (nSPS) is 16.2. The number of pyridine rings is 1. The molecule has 0 aliphatic carbocycles. The van der Waals surface area contributed by atoms with E-state index in [2.05, 4.69) is 9.71 Å². The van der Waals surface area contributed by atoms with Crippen LogP contribution >= 0.6 is 0 Å². The highest BCUT2D eigenvalue weighted by atomic mass is 32.2. The highest BCUT2D eigenvalue weighted by Gasteiger charge is 2.30. The molecule has 0 bridgehead atoms. The van der Waals surface area contributed by atoms with E-state index in [1.54, 1.807) is 11.8 Å². The van der Waals surface area contributed by atoms with Gasteiger partial charge in [0.25, 0.3) is 10.0 Å². The molecule has 11 heteroatoms. The summed E-state index contributed by atoms with van der Waals surface area (Å²) < 4.78 is 32.8. The van der Waals surface area contributed by atoms with Crippen LogP contribution in [-0.4, -0.2) is 55.9 Å². The zero-order chi connectivity index (χ0) is 24.2. The summed E-state index contributed by atoms with van der Waals surface area (Å²) in [5, 5.41) is 9.71. The number of anilines is 2. The molecule has 1 aromatic carbocycles. The molecular weight excluding hydrogens is 450 g/mol. The molecule has 33 heavy (non-hydrogen) atoms. The molecule has 10 nitrogen and oxygen atoms in total. The molecule has 2 heterocycles. The fraction of sp³-hybridized carbons (Fsp3) is 0.364. The van der Waals surface area contributed by atoms with Gasteiger partial charge in [0.05, 0.1) is 29.3 Å². The Hall–Kier alpha value is -3.47. The molecule has 1 atom stereocenters. The van der Waals surface area contributed by atoms with Gasteiger partial charge in [-0.2, -0.15) is 0 Å². The van der Waals surface area contributed by atoms with Gasteiger partial charge in [-0.15, -0.1) is 0 Å². The first-order valence-electron chi connectivity index (χ1n) is 10.4. The van der Waals surface area contributed by atoms with Gasteiger partial charge in [-0.1, -0.05) is 12.1 Å². The Kier molecular flexibility index (Phi) is 7.32. The number of hydrogen-bond donors (Lipinski definition) is 2. The quantitative estimate of drug-likeness (QED) is 0.435. The third-order valence-electron chi connectivity index (χ3n) is 5.26. The maximum atomic E-state index is 12.7. The third-order valence-corrected chi connectivity index (χ3v) is 6.66. The van der Waals surface area contributed by atoms with Crippen LogP contribution < -0.4 is 9.62 Å². The highest BCUT2D eigenvalue weighted by molar-refractivity contribution is 7.92. The van der Waals surface area contributed by atoms with Crippen molar-refractivity contribution in [1.82, 2.24) is 4.98 Å². The second-order valence-electron chi connectivity index (χ2n) is 7.62. The van der Waals surface area contributed by atoms with Crippen molar-refractivity contribution in [2.24, 2.45) is 5.92 Å². The van der Waals surface area contributed by atoms with Crippen molar-refractivity contribution in [3.8, 4) is 0 Å². The van der Waals surface area contributed by atoms with Gasteiger partial charge < -0.3 is 14.7 Å². The number of ketones is 1. The summed E-state index contributed by atoms with van der Waals surface area (Å²) >= 11 is 0. The van der Waals surface area contributed by atoms with Crippen molar-refractivity contribution >= 4 is 39.3 Å². The molecule has 1 aliphatic heterocycles. The van der Waals surface area contributed by atoms with E-state index in [1.165, 1.54) is 43.5 Å². The van der Waals surface area contributed by atoms with Crippen LogP contribution in [0, 0.1) is 5.92 Å². The lowest BCUT2D eigenvalue weighted by Crippen LogP contribution is -2.40. The molecular formula is C22H25N3O7S. The standard InChI is InChI=1S/C22H25N3O7S/c1-3-32-22(29)16-5-4-10-25(13-16)20-19(21(27)28)11-17(12-23-20)24-33(30,31)18-8-6-15(7-9-18)14(2)26/h6-9,11-12,16,24H,3-5,10,13H2,1-2H3,(H,27,28). The van der Waals surface area contributed by atoms with E-state index < -0.39 is 21.9 Å². The highest BCUT2D eigenvalue weighted by Crippen LogP contribution is 2.28. The minimum atomic E-state index is -4.03. The van der Waals surface area contributed by atoms with Gasteiger partial charge in [-0.05, 0) is 44.9 Å². The fourth-order valence-corrected chi connectivity index (χ4v) is 4.66. The van der Waals surface area contributed by atoms with E-state index in [0.29, 0.717) is 24.9 Å². The molecule has 1 aromatic heterocycles. The number of carbonyl (C=O) groups excluding carboxylic acids is 2. The van der Waals surface area contributed by atoms with Crippen LogP contribution in [0.25, 0.3) is 0 Å². The topological polar surface area (TPSA) is 143 Å². The molecule has 0 spiro atoms. The lowest BCUT2D eigenvalue weighted by Gasteiger charge is -2.33. The number of benzene rings is 1. The van der Waals surface area contributed by atoms with Crippen molar-refractivity contribution in [2.45, 2.75) is 31.6 Å². The van der Waals surface area contributed by atoms with Crippen molar-refractivity contribution in [3.63, 3.8) is 0 Å². The van der Waals surface area contributed by atoms with E-state index in [-0.39, 0.29) is 46.9 Å². The van der Waals surface area contributed by atoms with E-state index in [4.69, 9.17) is 4.74 Å². The fourth-order valence-electron chi connectivity index (χ4n) is 3.63. The Labute approximate surface area is 191 Å². The van der Waals surface area contributed by atoms with Crippen LogP contribution in [0.2, 0.25) is 0 Å². The lowest BCUT2D eigenvalue weighted by atomic mass is 9.98. The number of carbonyl (C=O) groups is 3. The molecule has 0 amide bonds. The molecule has 1 fully saturated rings. The largest absolute Gasteiger partial charge is 0.478 e. The number of nitrogens with zero attached hydrogens (tertiary/aromatic N) is 2. The molecule has 0 radical (unpaired) electrons. The molecule has 2 aromatic rings. The van der Waals surface area contributed by atoms with Gasteiger partial charge in [-0.25, -0.2) is 18.2 Å². The molecule has 2 N–H and O–H groups in total. The minimum absolute atomic E-state index is 0.0225. The number of carboxylic acid groups (broad SMARTS) is 1. The van der Waals surface area contributed by atoms with Crippen LogP contribution in [0.4, 0.5) is 11.5 Å². The van der Waals surface area contributed by atoms with Gasteiger partial charge in [-0.3, -0.25) is 14.3 Å². The van der Waals surface area contributed by atoms with Crippen molar-refractivity contribution < 1.29 is 32.6 Å². The maximum absolute atomic E-state index is 12.7. The summed E-state index contributed by atoms with van der Waals surface area (Å²) in [5.41, 5.74) is 0.160. The summed E-state index contributed by atoms with van der Waals surface area (Å²) in [6, 6.07) is 6.58. The van der Waals surface area contributed by atoms with E-state index >= 15 is 0 Å². The SMILES string of the molecule is CCOC(=O)C1CCCN(c2ncc(NS(=O)(=O)c3ccc(C(C)=O)cc3)cc2C(=O)O)C1. The summed E-state index contributed by atoms with van der Waals surface area (Å²) in [5.74, 6) is -2.04. The maximum Gasteiger partial charge on any atom is 0.339 e. The first-order chi connectivity index (χ1) is 15.6. The molecule has 1 unspecified atom stereocenters. The number of aromatic carboxylic acids is 1. The predicted octanol–water partition coefficient (Wildman–Crippen LogP) is 2.56. The predicted molar refractivity (Wildman–Crippen MR) is 120 cm³/mol. The second kappa shape index (κ2) is 9.99. The molecule has 176 valence electrons. The zero-order valence-electron chi connectivity index (χ0n) is 18.3. The van der Waals surface area contributed by atoms with Gasteiger partial charge >= 0.3 is 11.9 Å². The zero-order valence-corrected chi connectivity index (χ0v) is 19.1. The van der Waals surface area contributed by atoms with E-state index in [1.807, 2.05) is 0 Å². The molecule has 0 saturated carbocycles. The molecule has 3 rings (SSSR count). The number of rotatable bonds is 8. The van der Waals surface area contributed by atoms with Gasteiger partial charge in [0.1, 0.15) is 11.4 Å². The summed E-state index contributed by atoms with van der Waals surface area (Å²) in [6.45, 7) is 4.14. The number of sulfonamides is 1. The first kappa shape index (κ1) is 24.2. The number of aromatic nitrogens is 1. The van der Waals surface area contributed by atoms with Crippen molar-refractivity contribution in [1.29, 1.82) is 0 Å². The number of esters is 1. The van der Waals surface area contributed by atoms with Crippen molar-refractivity contribution in [3.05, 3.63) is 47.7 Å². The first-order valence-corrected chi connectivity index (χ1v) is 11.9. The third kappa shape index (κ3) is 5.67. The number of Topliss-reactive ketones (excluding diaryl/α,β-unsaturated/α-hetero) is 1. The molecule has 1 aliphatic rings. The van der Waals surface area contributed by atoms with Crippen molar-refractivity contribution in [2.75, 3.05) is 29.3 Å². The Morgan fingerprint density at radius 3 is 2.55 bits per heavy atom. The average Bonchev–Trinajstić information content (AvgIpc) is 2.79. The number of ether oxygens (including phenoxy) is 1. The molecule has 1 saturated heterocycles. The van der Waals surface area contributed by atoms with Gasteiger partial charge in [0, 0.05) is 18.7 Å². The summed E-state index contributed by atoms with van der Waals surface area (Å²) in [7, 11) is -4.03. The van der Waals surface area contributed by atoms with E-state index in [9.17, 15) is 27.9 Å². The monoisotopic (exact) mass is 475 g/mol. The van der Waals surface area contributed by atoms with Crippen LogP contribution in [0.3, 0.4) is 0 Å². The Morgan fingerprint density at radius 1 is 1.24 bits per heavy atom. The number of nitrogens with one attached hydrogen (secondary N) is 1. The number of hydrogen-bond acceptors (Lipinski definition) is 8. The minimum Gasteiger partial charge on any atom is -0.478 e. The number of carboxylic acids is 1. The summed E-state index contributed by atoms with van der Waals surface area (Å²) in [4.78, 5) is 41.2. The van der Waals surface area contributed by atoms with Gasteiger partial charge in [0.15, 0.2) is 5.78 Å². The summed E-state index contributed by atoms with van der Waals surface area (Å²) in [6.07, 6.45) is 2.53. The Balaban J connectivity index is 1.84.